The molecule has 0 bridgehead atoms. The molecule has 4 heterocycles. The zero-order chi connectivity index (χ0) is 23.5. The van der Waals surface area contributed by atoms with Crippen molar-refractivity contribution in [2.45, 2.75) is 25.4 Å². The van der Waals surface area contributed by atoms with Gasteiger partial charge in [0.05, 0.1) is 17.4 Å². The predicted octanol–water partition coefficient (Wildman–Crippen LogP) is 3.81. The van der Waals surface area contributed by atoms with Gasteiger partial charge in [-0.15, -0.1) is 0 Å². The van der Waals surface area contributed by atoms with Crippen LogP contribution in [0.1, 0.15) is 35.1 Å². The van der Waals surface area contributed by atoms with Crippen molar-refractivity contribution in [3.8, 4) is 23.0 Å². The minimum atomic E-state index is -0.459. The third kappa shape index (κ3) is 4.51. The number of amides is 1. The lowest BCUT2D eigenvalue weighted by Crippen LogP contribution is -2.38. The normalized spacial score (nSPS) is 14.8. The van der Waals surface area contributed by atoms with Crippen LogP contribution in [-0.4, -0.2) is 30.4 Å². The molecule has 1 amide bonds. The second kappa shape index (κ2) is 9.40. The van der Waals surface area contributed by atoms with E-state index in [4.69, 9.17) is 16.3 Å². The molecule has 0 fully saturated rings. The first-order valence-electron chi connectivity index (χ1n) is 10.7. The second-order valence-electron chi connectivity index (χ2n) is 7.66. The van der Waals surface area contributed by atoms with E-state index in [9.17, 15) is 9.59 Å². The lowest BCUT2D eigenvalue weighted by atomic mass is 10.1. The minimum Gasteiger partial charge on any atom is -0.438 e. The first-order valence-corrected chi connectivity index (χ1v) is 11.0. The number of halogens is 1. The van der Waals surface area contributed by atoms with Crippen LogP contribution in [-0.2, 0) is 6.54 Å². The average molecular weight is 475 g/mol. The van der Waals surface area contributed by atoms with E-state index in [1.165, 1.54) is 12.4 Å². The summed E-state index contributed by atoms with van der Waals surface area (Å²) in [5.74, 6) is 0.781. The molecule has 9 nitrogen and oxygen atoms in total. The van der Waals surface area contributed by atoms with Crippen LogP contribution in [0.3, 0.4) is 0 Å². The van der Waals surface area contributed by atoms with Crippen molar-refractivity contribution in [1.29, 1.82) is 0 Å². The Balaban J connectivity index is 1.43. The molecule has 1 aliphatic heterocycles. The molecule has 4 aromatic rings. The van der Waals surface area contributed by atoms with E-state index in [2.05, 4.69) is 25.3 Å². The Bertz CT molecular complexity index is 1390. The van der Waals surface area contributed by atoms with Gasteiger partial charge >= 0.3 is 0 Å². The molecule has 1 atom stereocenters. The number of benzene rings is 1. The molecule has 10 heteroatoms. The third-order valence-electron chi connectivity index (χ3n) is 5.42. The van der Waals surface area contributed by atoms with E-state index in [1.54, 1.807) is 59.4 Å². The number of ether oxygens (including phenoxy) is 1. The number of carbonyl (C=O) groups excluding carboxylic acids is 1. The maximum Gasteiger partial charge on any atom is 0.257 e. The van der Waals surface area contributed by atoms with Crippen LogP contribution in [0.15, 0.2) is 72.0 Å². The van der Waals surface area contributed by atoms with Crippen LogP contribution in [0.2, 0.25) is 5.02 Å². The van der Waals surface area contributed by atoms with Crippen molar-refractivity contribution in [2.75, 3.05) is 0 Å². The average Bonchev–Trinajstić information content (AvgIpc) is 2.86. The van der Waals surface area contributed by atoms with Crippen molar-refractivity contribution in [2.24, 2.45) is 0 Å². The van der Waals surface area contributed by atoms with Gasteiger partial charge in [-0.1, -0.05) is 11.6 Å². The number of pyridine rings is 1. The smallest absolute Gasteiger partial charge is 0.257 e. The zero-order valence-corrected chi connectivity index (χ0v) is 18.6. The Morgan fingerprint density at radius 2 is 1.94 bits per heavy atom. The second-order valence-corrected chi connectivity index (χ2v) is 8.10. The fraction of sp³-hybridized carbons (Fsp3) is 0.167. The van der Waals surface area contributed by atoms with E-state index in [1.807, 2.05) is 0 Å². The van der Waals surface area contributed by atoms with Crippen molar-refractivity contribution in [3.63, 3.8) is 0 Å². The van der Waals surface area contributed by atoms with Crippen LogP contribution >= 0.6 is 11.6 Å². The number of aromatic nitrogens is 5. The topological polar surface area (TPSA) is 112 Å². The summed E-state index contributed by atoms with van der Waals surface area (Å²) >= 11 is 5.93. The Morgan fingerprint density at radius 1 is 1.09 bits per heavy atom. The van der Waals surface area contributed by atoms with Crippen LogP contribution in [0.25, 0.3) is 11.4 Å². The van der Waals surface area contributed by atoms with E-state index in [0.717, 1.165) is 6.42 Å². The standard InChI is InChI=1S/C24H19ClN6O3/c25-15-5-7-16(8-6-15)34-24-17(3-1-10-27-24)23(33)30-19-4-2-12-31-21(32)13-20(29-22(19)31)18-9-11-26-14-28-18/h1,3,5-11,13-14,19H,2,4,12H2,(H,30,33). The molecular weight excluding hydrogens is 456 g/mol. The van der Waals surface area contributed by atoms with Gasteiger partial charge in [-0.3, -0.25) is 14.2 Å². The maximum atomic E-state index is 13.2. The molecule has 0 spiro atoms. The molecule has 5 rings (SSSR count). The molecule has 3 aromatic heterocycles. The summed E-state index contributed by atoms with van der Waals surface area (Å²) in [5, 5.41) is 3.57. The lowest BCUT2D eigenvalue weighted by Gasteiger charge is -2.27. The number of hydrogen-bond donors (Lipinski definition) is 1. The van der Waals surface area contributed by atoms with Crippen LogP contribution < -0.4 is 15.6 Å². The van der Waals surface area contributed by atoms with Gasteiger partial charge < -0.3 is 10.1 Å². The molecule has 0 saturated heterocycles. The number of hydrogen-bond acceptors (Lipinski definition) is 7. The number of carbonyl (C=O) groups is 1. The first-order chi connectivity index (χ1) is 16.6. The summed E-state index contributed by atoms with van der Waals surface area (Å²) in [6, 6.07) is 12.7. The third-order valence-corrected chi connectivity index (χ3v) is 5.67. The summed E-state index contributed by atoms with van der Waals surface area (Å²) in [6.07, 6.45) is 5.91. The van der Waals surface area contributed by atoms with Crippen molar-refractivity contribution < 1.29 is 9.53 Å². The van der Waals surface area contributed by atoms with Gasteiger partial charge in [-0.05, 0) is 55.3 Å². The highest BCUT2D eigenvalue weighted by atomic mass is 35.5. The summed E-state index contributed by atoms with van der Waals surface area (Å²) in [6.45, 7) is 0.537. The van der Waals surface area contributed by atoms with Gasteiger partial charge in [0.2, 0.25) is 5.88 Å². The summed E-state index contributed by atoms with van der Waals surface area (Å²) in [7, 11) is 0. The van der Waals surface area contributed by atoms with E-state index in [0.29, 0.717) is 40.9 Å². The maximum absolute atomic E-state index is 13.2. The minimum absolute atomic E-state index is 0.165. The highest BCUT2D eigenvalue weighted by molar-refractivity contribution is 6.30. The molecule has 1 N–H and O–H groups in total. The van der Waals surface area contributed by atoms with Gasteiger partial charge in [0.1, 0.15) is 23.5 Å². The highest BCUT2D eigenvalue weighted by Gasteiger charge is 2.27. The Morgan fingerprint density at radius 3 is 2.74 bits per heavy atom. The molecule has 170 valence electrons. The SMILES string of the molecule is O=C(NC1CCCn2c1nc(-c1ccncn1)cc2=O)c1cccnc1Oc1ccc(Cl)cc1. The first kappa shape index (κ1) is 21.7. The van der Waals surface area contributed by atoms with Gasteiger partial charge in [0.25, 0.3) is 11.5 Å². The number of rotatable bonds is 5. The van der Waals surface area contributed by atoms with E-state index in [-0.39, 0.29) is 22.9 Å². The van der Waals surface area contributed by atoms with Gasteiger partial charge in [0, 0.05) is 30.0 Å². The molecule has 0 aliphatic carbocycles. The predicted molar refractivity (Wildman–Crippen MR) is 125 cm³/mol. The lowest BCUT2D eigenvalue weighted by molar-refractivity contribution is 0.0924. The monoisotopic (exact) mass is 474 g/mol. The zero-order valence-electron chi connectivity index (χ0n) is 17.9. The quantitative estimate of drug-likeness (QED) is 0.468. The Hall–Kier alpha value is -4.11. The number of nitrogens with zero attached hydrogens (tertiary/aromatic N) is 5. The summed E-state index contributed by atoms with van der Waals surface area (Å²) in [4.78, 5) is 43.0. The van der Waals surface area contributed by atoms with Crippen molar-refractivity contribution >= 4 is 17.5 Å². The molecule has 34 heavy (non-hydrogen) atoms. The number of nitrogens with one attached hydrogen (secondary N) is 1. The van der Waals surface area contributed by atoms with Crippen LogP contribution in [0, 0.1) is 0 Å². The molecule has 1 aliphatic rings. The van der Waals surface area contributed by atoms with Crippen molar-refractivity contribution in [1.82, 2.24) is 29.8 Å². The summed E-state index contributed by atoms with van der Waals surface area (Å²) < 4.78 is 7.42. The number of fused-ring (bicyclic) bond motifs is 1. The molecule has 0 radical (unpaired) electrons. The summed E-state index contributed by atoms with van der Waals surface area (Å²) in [5.41, 5.74) is 1.06. The van der Waals surface area contributed by atoms with Crippen LogP contribution in [0.5, 0.6) is 11.6 Å². The Labute approximate surface area is 199 Å². The Kier molecular flexibility index (Phi) is 6.01. The van der Waals surface area contributed by atoms with E-state index >= 15 is 0 Å². The van der Waals surface area contributed by atoms with Gasteiger partial charge in [-0.2, -0.15) is 0 Å². The van der Waals surface area contributed by atoms with Gasteiger partial charge in [0.15, 0.2) is 0 Å². The fourth-order valence-corrected chi connectivity index (χ4v) is 3.93. The molecule has 0 saturated carbocycles. The fourth-order valence-electron chi connectivity index (χ4n) is 3.80. The van der Waals surface area contributed by atoms with Gasteiger partial charge in [-0.25, -0.2) is 19.9 Å². The molecule has 1 unspecified atom stereocenters. The molecule has 1 aromatic carbocycles. The highest BCUT2D eigenvalue weighted by Crippen LogP contribution is 2.27. The van der Waals surface area contributed by atoms with Crippen molar-refractivity contribution in [3.05, 3.63) is 94.0 Å². The van der Waals surface area contributed by atoms with E-state index < -0.39 is 6.04 Å². The van der Waals surface area contributed by atoms with Crippen LogP contribution in [0.4, 0.5) is 0 Å². The largest absolute Gasteiger partial charge is 0.438 e. The molecular formula is C24H19ClN6O3.